The van der Waals surface area contributed by atoms with Crippen LogP contribution in [0.15, 0.2) is 35.5 Å². The van der Waals surface area contributed by atoms with Crippen LogP contribution >= 0.6 is 11.6 Å². The number of sulfone groups is 1. The van der Waals surface area contributed by atoms with Crippen LogP contribution in [0.4, 0.5) is 5.82 Å². The molecule has 1 aliphatic carbocycles. The Balaban J connectivity index is 1.84. The van der Waals surface area contributed by atoms with Gasteiger partial charge in [-0.1, -0.05) is 43.4 Å². The lowest BCUT2D eigenvalue weighted by Gasteiger charge is -2.21. The van der Waals surface area contributed by atoms with Gasteiger partial charge in [-0.3, -0.25) is 19.4 Å². The van der Waals surface area contributed by atoms with Gasteiger partial charge in [-0.25, -0.2) is 13.4 Å². The van der Waals surface area contributed by atoms with Crippen molar-refractivity contribution in [2.24, 2.45) is 5.92 Å². The summed E-state index contributed by atoms with van der Waals surface area (Å²) >= 11 is 6.27. The van der Waals surface area contributed by atoms with Gasteiger partial charge in [0.25, 0.3) is 0 Å². The van der Waals surface area contributed by atoms with Crippen molar-refractivity contribution in [2.75, 3.05) is 24.8 Å². The number of hydrogen-bond acceptors (Lipinski definition) is 9. The Labute approximate surface area is 227 Å². The fourth-order valence-corrected chi connectivity index (χ4v) is 5.90. The van der Waals surface area contributed by atoms with Gasteiger partial charge in [-0.05, 0) is 43.9 Å². The minimum Gasteiger partial charge on any atom is -0.465 e. The van der Waals surface area contributed by atoms with Crippen molar-refractivity contribution in [3.8, 4) is 0 Å². The Morgan fingerprint density at radius 3 is 2.18 bits per heavy atom. The highest BCUT2D eigenvalue weighted by Gasteiger charge is 2.33. The fraction of sp³-hybridized carbons (Fsp3) is 0.500. The van der Waals surface area contributed by atoms with Gasteiger partial charge >= 0.3 is 11.9 Å². The number of benzene rings is 1. The molecule has 0 saturated heterocycles. The number of anilines is 1. The number of ether oxygens (including phenoxy) is 2. The molecule has 1 saturated carbocycles. The molecule has 0 unspecified atom stereocenters. The minimum absolute atomic E-state index is 0.00199. The maximum atomic E-state index is 13.4. The summed E-state index contributed by atoms with van der Waals surface area (Å²) in [7, 11) is -3.51. The number of halogens is 1. The van der Waals surface area contributed by atoms with E-state index in [1.54, 1.807) is 19.9 Å². The number of carbonyl (C=O) groups excluding carboxylic acids is 3. The Bertz CT molecular complexity index is 1240. The van der Waals surface area contributed by atoms with Crippen LogP contribution < -0.4 is 5.32 Å². The summed E-state index contributed by atoms with van der Waals surface area (Å²) in [6.07, 6.45) is 8.34. The molecule has 1 fully saturated rings. The van der Waals surface area contributed by atoms with E-state index in [1.165, 1.54) is 24.5 Å². The molecule has 0 bridgehead atoms. The van der Waals surface area contributed by atoms with Crippen LogP contribution in [-0.2, 0) is 33.7 Å². The maximum absolute atomic E-state index is 13.4. The molecule has 10 nitrogen and oxygen atoms in total. The molecule has 0 radical (unpaired) electrons. The molecular formula is C26H32ClN3O7S. The first-order chi connectivity index (χ1) is 18.0. The molecule has 12 heteroatoms. The third-order valence-electron chi connectivity index (χ3n) is 6.38. The van der Waals surface area contributed by atoms with Gasteiger partial charge in [0.1, 0.15) is 0 Å². The summed E-state index contributed by atoms with van der Waals surface area (Å²) in [4.78, 5) is 46.4. The average Bonchev–Trinajstić information content (AvgIpc) is 3.36. The van der Waals surface area contributed by atoms with Crippen molar-refractivity contribution in [3.05, 3.63) is 46.9 Å². The van der Waals surface area contributed by atoms with Crippen molar-refractivity contribution in [1.29, 1.82) is 0 Å². The summed E-state index contributed by atoms with van der Waals surface area (Å²) in [5.74, 6) is -3.47. The molecule has 0 aliphatic heterocycles. The molecule has 1 aliphatic rings. The van der Waals surface area contributed by atoms with Crippen LogP contribution in [-0.4, -0.2) is 55.7 Å². The molecule has 0 spiro atoms. The number of nitrogens with zero attached hydrogens (tertiary/aromatic N) is 2. The second-order valence-corrected chi connectivity index (χ2v) is 11.5. The third kappa shape index (κ3) is 7.50. The van der Waals surface area contributed by atoms with E-state index in [0.717, 1.165) is 31.9 Å². The monoisotopic (exact) mass is 565 g/mol. The van der Waals surface area contributed by atoms with Crippen LogP contribution in [0.2, 0.25) is 5.02 Å². The predicted molar refractivity (Wildman–Crippen MR) is 141 cm³/mol. The van der Waals surface area contributed by atoms with Crippen LogP contribution in [0.5, 0.6) is 0 Å². The second kappa shape index (κ2) is 13.1. The van der Waals surface area contributed by atoms with E-state index < -0.39 is 33.6 Å². The highest BCUT2D eigenvalue weighted by molar-refractivity contribution is 7.90. The van der Waals surface area contributed by atoms with Gasteiger partial charge in [0, 0.05) is 6.26 Å². The fourth-order valence-electron chi connectivity index (χ4n) is 4.56. The molecule has 1 amide bonds. The number of amides is 1. The third-order valence-corrected chi connectivity index (χ3v) is 7.96. The summed E-state index contributed by atoms with van der Waals surface area (Å²) in [6.45, 7) is 3.39. The van der Waals surface area contributed by atoms with Crippen LogP contribution in [0.1, 0.15) is 69.0 Å². The van der Waals surface area contributed by atoms with E-state index in [0.29, 0.717) is 17.9 Å². The molecule has 206 valence electrons. The van der Waals surface area contributed by atoms with E-state index >= 15 is 0 Å². The van der Waals surface area contributed by atoms with Gasteiger partial charge in [0.2, 0.25) is 5.91 Å². The Morgan fingerprint density at radius 1 is 1.05 bits per heavy atom. The number of rotatable bonds is 11. The van der Waals surface area contributed by atoms with Gasteiger partial charge in [0.15, 0.2) is 21.6 Å². The Hall–Kier alpha value is -3.05. The highest BCUT2D eigenvalue weighted by atomic mass is 35.5. The lowest BCUT2D eigenvalue weighted by Crippen LogP contribution is -2.27. The van der Waals surface area contributed by atoms with E-state index in [4.69, 9.17) is 21.1 Å². The lowest BCUT2D eigenvalue weighted by atomic mass is 9.87. The van der Waals surface area contributed by atoms with E-state index in [-0.39, 0.29) is 40.6 Å². The molecule has 1 heterocycles. The molecular weight excluding hydrogens is 534 g/mol. The second-order valence-electron chi connectivity index (χ2n) is 9.15. The molecule has 38 heavy (non-hydrogen) atoms. The van der Waals surface area contributed by atoms with Crippen molar-refractivity contribution >= 4 is 45.1 Å². The summed E-state index contributed by atoms with van der Waals surface area (Å²) in [6, 6.07) is 4.55. The van der Waals surface area contributed by atoms with E-state index in [9.17, 15) is 22.8 Å². The number of carbonyl (C=O) groups is 3. The summed E-state index contributed by atoms with van der Waals surface area (Å²) in [5.41, 5.74) is 0.631. The zero-order valence-electron chi connectivity index (χ0n) is 21.6. The summed E-state index contributed by atoms with van der Waals surface area (Å²) < 4.78 is 33.9. The lowest BCUT2D eigenvalue weighted by molar-refractivity contribution is -0.157. The van der Waals surface area contributed by atoms with E-state index in [1.807, 2.05) is 0 Å². The van der Waals surface area contributed by atoms with Crippen LogP contribution in [0.25, 0.3) is 0 Å². The van der Waals surface area contributed by atoms with Gasteiger partial charge in [-0.2, -0.15) is 0 Å². The van der Waals surface area contributed by atoms with Crippen molar-refractivity contribution in [2.45, 2.75) is 62.7 Å². The normalized spacial score (nSPS) is 14.8. The summed E-state index contributed by atoms with van der Waals surface area (Å²) in [5, 5.41) is 2.81. The highest BCUT2D eigenvalue weighted by Crippen LogP contribution is 2.36. The zero-order chi connectivity index (χ0) is 27.9. The first-order valence-electron chi connectivity index (χ1n) is 12.5. The maximum Gasteiger partial charge on any atom is 0.326 e. The molecule has 1 aromatic carbocycles. The van der Waals surface area contributed by atoms with Crippen LogP contribution in [0, 0.1) is 5.92 Å². The zero-order valence-corrected chi connectivity index (χ0v) is 23.2. The Kier molecular flexibility index (Phi) is 10.2. The van der Waals surface area contributed by atoms with Gasteiger partial charge in [0.05, 0.1) is 47.1 Å². The molecule has 2 aromatic rings. The van der Waals surface area contributed by atoms with E-state index in [2.05, 4.69) is 15.3 Å². The molecule has 1 aromatic heterocycles. The standard InChI is InChI=1S/C26H32ClN3O7S/c1-4-36-25(32)23(26(33)37-5-2)20-14-29-22(15-28-20)30-24(31)18(12-16-8-6-7-9-16)17-10-11-21(19(27)13-17)38(3,34)35/h10-11,13-16,18,23H,4-9,12H2,1-3H3,(H,29,30,31)/t18-/m1/s1. The molecule has 3 rings (SSSR count). The average molecular weight is 566 g/mol. The molecule has 1 N–H and O–H groups in total. The topological polar surface area (TPSA) is 142 Å². The first kappa shape index (κ1) is 29.5. The van der Waals surface area contributed by atoms with Gasteiger partial charge in [-0.15, -0.1) is 0 Å². The largest absolute Gasteiger partial charge is 0.465 e. The first-order valence-corrected chi connectivity index (χ1v) is 14.8. The number of hydrogen-bond donors (Lipinski definition) is 1. The minimum atomic E-state index is -3.51. The number of esters is 2. The molecule has 1 atom stereocenters. The van der Waals surface area contributed by atoms with Crippen molar-refractivity contribution in [3.63, 3.8) is 0 Å². The SMILES string of the molecule is CCOC(=O)C(C(=O)OCC)c1cnc(NC(=O)[C@H](CC2CCCC2)c2ccc(S(C)(=O)=O)c(Cl)c2)cn1. The smallest absolute Gasteiger partial charge is 0.326 e. The Morgan fingerprint density at radius 2 is 1.68 bits per heavy atom. The number of aromatic nitrogens is 2. The number of nitrogens with one attached hydrogen (secondary N) is 1. The quantitative estimate of drug-likeness (QED) is 0.315. The van der Waals surface area contributed by atoms with Crippen LogP contribution in [0.3, 0.4) is 0 Å². The van der Waals surface area contributed by atoms with Crippen molar-refractivity contribution in [1.82, 2.24) is 9.97 Å². The van der Waals surface area contributed by atoms with Crippen molar-refractivity contribution < 1.29 is 32.3 Å². The predicted octanol–water partition coefficient (Wildman–Crippen LogP) is 4.05. The van der Waals surface area contributed by atoms with Gasteiger partial charge < -0.3 is 14.8 Å².